The number of nitrogens with one attached hydrogen (secondary N) is 1. The van der Waals surface area contributed by atoms with Crippen molar-refractivity contribution in [2.24, 2.45) is 11.8 Å². The van der Waals surface area contributed by atoms with Gasteiger partial charge in [0.15, 0.2) is 0 Å². The van der Waals surface area contributed by atoms with Gasteiger partial charge in [-0.05, 0) is 59.6 Å². The Labute approximate surface area is 233 Å². The molecule has 0 bridgehead atoms. The molecule has 210 valence electrons. The van der Waals surface area contributed by atoms with E-state index in [0.29, 0.717) is 18.8 Å². The maximum absolute atomic E-state index is 14.2. The lowest BCUT2D eigenvalue weighted by atomic mass is 9.80. The first kappa shape index (κ1) is 27.5. The maximum atomic E-state index is 14.2. The third-order valence-electron chi connectivity index (χ3n) is 8.22. The summed E-state index contributed by atoms with van der Waals surface area (Å²) in [6, 6.07) is 9.41. The Morgan fingerprint density at radius 1 is 1.10 bits per heavy atom. The quantitative estimate of drug-likeness (QED) is 0.299. The largest absolute Gasteiger partial charge is 0.481 e. The first-order valence-corrected chi connectivity index (χ1v) is 14.3. The lowest BCUT2D eigenvalue weighted by Crippen LogP contribution is -2.38. The molecule has 40 heavy (non-hydrogen) atoms. The fraction of sp³-hybridized carbons (Fsp3) is 0.467. The van der Waals surface area contributed by atoms with Crippen molar-refractivity contribution < 1.29 is 9.90 Å². The monoisotopic (exact) mass is 543 g/mol. The molecule has 5 rings (SSSR count). The van der Waals surface area contributed by atoms with E-state index in [2.05, 4.69) is 39.5 Å². The number of carboxylic acid groups (broad SMARTS) is 1. The zero-order chi connectivity index (χ0) is 28.1. The molecule has 2 N–H and O–H groups in total. The van der Waals surface area contributed by atoms with Crippen molar-refractivity contribution in [2.75, 3.05) is 0 Å². The van der Waals surface area contributed by atoms with Crippen LogP contribution in [-0.2, 0) is 17.8 Å². The molecule has 10 nitrogen and oxygen atoms in total. The molecule has 1 aliphatic carbocycles. The van der Waals surface area contributed by atoms with Gasteiger partial charge in [0.05, 0.1) is 18.5 Å². The summed E-state index contributed by atoms with van der Waals surface area (Å²) < 4.78 is 3.56. The number of pyridine rings is 1. The molecule has 0 radical (unpaired) electrons. The lowest BCUT2D eigenvalue weighted by Gasteiger charge is -2.32. The Bertz CT molecular complexity index is 1490. The second-order valence-electron chi connectivity index (χ2n) is 10.9. The van der Waals surface area contributed by atoms with Crippen molar-refractivity contribution in [3.8, 4) is 22.5 Å². The molecule has 1 saturated carbocycles. The molecule has 10 heteroatoms. The number of carboxylic acids is 1. The number of carbonyl (C=O) groups is 1. The number of nitrogens with zero attached hydrogens (tertiary/aromatic N) is 6. The highest BCUT2D eigenvalue weighted by atomic mass is 16.4. The predicted molar refractivity (Wildman–Crippen MR) is 152 cm³/mol. The number of imidazole rings is 1. The van der Waals surface area contributed by atoms with E-state index in [1.807, 2.05) is 41.1 Å². The van der Waals surface area contributed by atoms with Crippen molar-refractivity contribution in [1.29, 1.82) is 0 Å². The molecule has 1 aromatic carbocycles. The van der Waals surface area contributed by atoms with Crippen molar-refractivity contribution in [1.82, 2.24) is 34.7 Å². The average molecular weight is 544 g/mol. The summed E-state index contributed by atoms with van der Waals surface area (Å²) in [5.74, 6) is -0.826. The van der Waals surface area contributed by atoms with Crippen molar-refractivity contribution in [3.05, 3.63) is 70.7 Å². The molecule has 3 unspecified atom stereocenters. The van der Waals surface area contributed by atoms with Crippen LogP contribution in [0.25, 0.3) is 22.5 Å². The molecule has 3 heterocycles. The van der Waals surface area contributed by atoms with E-state index in [-0.39, 0.29) is 17.6 Å². The van der Waals surface area contributed by atoms with E-state index >= 15 is 0 Å². The van der Waals surface area contributed by atoms with Crippen LogP contribution in [0.3, 0.4) is 0 Å². The summed E-state index contributed by atoms with van der Waals surface area (Å²) in [4.78, 5) is 30.9. The number of aliphatic carboxylic acids is 1. The van der Waals surface area contributed by atoms with E-state index < -0.39 is 11.9 Å². The van der Waals surface area contributed by atoms with E-state index in [4.69, 9.17) is 0 Å². The smallest absolute Gasteiger partial charge is 0.328 e. The molecule has 0 saturated heterocycles. The fourth-order valence-electron chi connectivity index (χ4n) is 6.15. The van der Waals surface area contributed by atoms with Crippen molar-refractivity contribution >= 4 is 5.97 Å². The van der Waals surface area contributed by atoms with Gasteiger partial charge in [0.25, 0.3) is 0 Å². The average Bonchev–Trinajstić information content (AvgIpc) is 3.59. The molecule has 0 spiro atoms. The number of unbranched alkanes of at least 4 members (excludes halogenated alkanes) is 1. The standard InChI is InChI=1S/C30H37N7O3/c1-3-4-11-22-19-37(27-20(2)10-6-5-7-14-26(27)29(38)39)30(40)36(22)18-21-17-31-16-15-23(21)24-12-8-9-13-25(24)28-32-34-35-33-28/h8-9,12-13,15-17,19-20,26-27H,3-7,10-11,14,18H2,1-2H3,(H,38,39)(H,32,33,34,35). The fourth-order valence-corrected chi connectivity index (χ4v) is 6.15. The molecule has 3 atom stereocenters. The highest BCUT2D eigenvalue weighted by Crippen LogP contribution is 2.36. The molecule has 0 aliphatic heterocycles. The van der Waals surface area contributed by atoms with E-state index in [1.54, 1.807) is 17.0 Å². The molecule has 3 aromatic heterocycles. The molecular formula is C30H37N7O3. The van der Waals surface area contributed by atoms with E-state index in [9.17, 15) is 14.7 Å². The summed E-state index contributed by atoms with van der Waals surface area (Å²) in [7, 11) is 0. The minimum absolute atomic E-state index is 0.0877. The van der Waals surface area contributed by atoms with Crippen LogP contribution in [0.4, 0.5) is 0 Å². The molecular weight excluding hydrogens is 506 g/mol. The number of benzene rings is 1. The van der Waals surface area contributed by atoms with Gasteiger partial charge in [0.1, 0.15) is 0 Å². The minimum Gasteiger partial charge on any atom is -0.481 e. The van der Waals surface area contributed by atoms with Crippen molar-refractivity contribution in [2.45, 2.75) is 77.8 Å². The van der Waals surface area contributed by atoms with Crippen LogP contribution in [-0.4, -0.2) is 45.8 Å². The Kier molecular flexibility index (Phi) is 8.52. The highest BCUT2D eigenvalue weighted by Gasteiger charge is 2.36. The van der Waals surface area contributed by atoms with Gasteiger partial charge in [-0.3, -0.25) is 18.9 Å². The van der Waals surface area contributed by atoms with Gasteiger partial charge in [0.2, 0.25) is 5.82 Å². The van der Waals surface area contributed by atoms with Crippen LogP contribution in [0.2, 0.25) is 0 Å². The number of aromatic amines is 1. The number of hydrogen-bond donors (Lipinski definition) is 2. The summed E-state index contributed by atoms with van der Waals surface area (Å²) in [6.07, 6.45) is 12.6. The topological polar surface area (TPSA) is 132 Å². The van der Waals surface area contributed by atoms with Gasteiger partial charge in [-0.25, -0.2) is 4.79 Å². The zero-order valence-corrected chi connectivity index (χ0v) is 23.2. The van der Waals surface area contributed by atoms with E-state index in [0.717, 1.165) is 72.9 Å². The van der Waals surface area contributed by atoms with Crippen LogP contribution in [0.5, 0.6) is 0 Å². The molecule has 4 aromatic rings. The highest BCUT2D eigenvalue weighted by molar-refractivity contribution is 5.81. The summed E-state index contributed by atoms with van der Waals surface area (Å²) in [5.41, 5.74) is 4.33. The lowest BCUT2D eigenvalue weighted by molar-refractivity contribution is -0.144. The van der Waals surface area contributed by atoms with Gasteiger partial charge in [0, 0.05) is 29.8 Å². The second kappa shape index (κ2) is 12.4. The van der Waals surface area contributed by atoms with Gasteiger partial charge in [-0.1, -0.05) is 63.8 Å². The summed E-state index contributed by atoms with van der Waals surface area (Å²) in [5, 5.41) is 24.8. The first-order valence-electron chi connectivity index (χ1n) is 14.3. The summed E-state index contributed by atoms with van der Waals surface area (Å²) >= 11 is 0. The molecule has 1 aliphatic rings. The third kappa shape index (κ3) is 5.61. The summed E-state index contributed by atoms with van der Waals surface area (Å²) in [6.45, 7) is 4.55. The van der Waals surface area contributed by atoms with Crippen LogP contribution in [0.15, 0.2) is 53.7 Å². The Morgan fingerprint density at radius 3 is 2.65 bits per heavy atom. The van der Waals surface area contributed by atoms with Gasteiger partial charge in [-0.2, -0.15) is 5.21 Å². The number of H-pyrrole nitrogens is 1. The Hall–Kier alpha value is -4.08. The normalized spacial score (nSPS) is 19.7. The Morgan fingerprint density at radius 2 is 1.90 bits per heavy atom. The third-order valence-corrected chi connectivity index (χ3v) is 8.22. The maximum Gasteiger partial charge on any atom is 0.328 e. The number of aryl methyl sites for hydroxylation is 1. The Balaban J connectivity index is 1.59. The zero-order valence-electron chi connectivity index (χ0n) is 23.2. The number of hydrogen-bond acceptors (Lipinski definition) is 6. The molecule has 0 amide bonds. The SMILES string of the molecule is CCCCc1cn(C2C(C)CCCCCC2C(=O)O)c(=O)n1Cc1cnccc1-c1ccccc1-c1nn[nH]n1. The number of rotatable bonds is 9. The first-order chi connectivity index (χ1) is 19.5. The van der Waals surface area contributed by atoms with Crippen LogP contribution in [0, 0.1) is 11.8 Å². The van der Waals surface area contributed by atoms with Crippen LogP contribution >= 0.6 is 0 Å². The van der Waals surface area contributed by atoms with Gasteiger partial charge in [-0.15, -0.1) is 10.2 Å². The predicted octanol–water partition coefficient (Wildman–Crippen LogP) is 5.12. The van der Waals surface area contributed by atoms with Crippen molar-refractivity contribution in [3.63, 3.8) is 0 Å². The van der Waals surface area contributed by atoms with Gasteiger partial charge < -0.3 is 5.11 Å². The van der Waals surface area contributed by atoms with Crippen LogP contribution < -0.4 is 5.69 Å². The van der Waals surface area contributed by atoms with Crippen LogP contribution in [0.1, 0.15) is 76.1 Å². The van der Waals surface area contributed by atoms with E-state index in [1.165, 1.54) is 0 Å². The number of tetrazole rings is 1. The minimum atomic E-state index is -0.818. The number of aromatic nitrogens is 7. The van der Waals surface area contributed by atoms with Gasteiger partial charge >= 0.3 is 11.7 Å². The second-order valence-corrected chi connectivity index (χ2v) is 10.9. The molecule has 1 fully saturated rings.